The van der Waals surface area contributed by atoms with Crippen LogP contribution in [0.5, 0.6) is 0 Å². The third-order valence-electron chi connectivity index (χ3n) is 5.38. The number of carbonyl (C=O) groups is 1. The van der Waals surface area contributed by atoms with Crippen LogP contribution in [0.2, 0.25) is 0 Å². The SMILES string of the molecule is CC(C)(C)OC(=O)N1CCN(CCCOC2CC(OCc3ccccc3)C2)CC1. The van der Waals surface area contributed by atoms with Gasteiger partial charge in [-0.1, -0.05) is 30.3 Å². The summed E-state index contributed by atoms with van der Waals surface area (Å²) in [6.45, 7) is 11.5. The molecule has 0 radical (unpaired) electrons. The van der Waals surface area contributed by atoms with E-state index in [0.29, 0.717) is 18.8 Å². The molecule has 0 bridgehead atoms. The Balaban J connectivity index is 1.19. The lowest BCUT2D eigenvalue weighted by molar-refractivity contribution is -0.107. The topological polar surface area (TPSA) is 51.2 Å². The molecule has 0 aromatic heterocycles. The van der Waals surface area contributed by atoms with E-state index in [1.165, 1.54) is 5.56 Å². The van der Waals surface area contributed by atoms with Crippen LogP contribution in [0.4, 0.5) is 4.79 Å². The van der Waals surface area contributed by atoms with E-state index in [2.05, 4.69) is 17.0 Å². The van der Waals surface area contributed by atoms with Gasteiger partial charge in [-0.2, -0.15) is 0 Å². The van der Waals surface area contributed by atoms with Crippen LogP contribution in [0.1, 0.15) is 45.6 Å². The van der Waals surface area contributed by atoms with Gasteiger partial charge in [0.2, 0.25) is 0 Å². The lowest BCUT2D eigenvalue weighted by Crippen LogP contribution is -2.50. The molecule has 2 fully saturated rings. The number of hydrogen-bond donors (Lipinski definition) is 0. The standard InChI is InChI=1S/C23H36N2O4/c1-23(2,3)29-22(26)25-13-11-24(12-14-25)10-7-15-27-20-16-21(17-20)28-18-19-8-5-4-6-9-19/h4-6,8-9,20-21H,7,10-18H2,1-3H3. The first-order valence-corrected chi connectivity index (χ1v) is 10.9. The van der Waals surface area contributed by atoms with Crippen LogP contribution < -0.4 is 0 Å². The van der Waals surface area contributed by atoms with Gasteiger partial charge in [-0.25, -0.2) is 4.79 Å². The zero-order valence-corrected chi connectivity index (χ0v) is 18.1. The quantitative estimate of drug-likeness (QED) is 0.619. The van der Waals surface area contributed by atoms with Gasteiger partial charge in [-0.15, -0.1) is 0 Å². The molecule has 1 aromatic rings. The maximum absolute atomic E-state index is 12.1. The van der Waals surface area contributed by atoms with Crippen molar-refractivity contribution in [2.24, 2.45) is 0 Å². The second-order valence-corrected chi connectivity index (χ2v) is 9.05. The summed E-state index contributed by atoms with van der Waals surface area (Å²) in [5, 5.41) is 0. The molecule has 1 saturated heterocycles. The van der Waals surface area contributed by atoms with Gasteiger partial charge in [0.05, 0.1) is 18.8 Å². The van der Waals surface area contributed by atoms with Crippen LogP contribution in [-0.2, 0) is 20.8 Å². The molecule has 162 valence electrons. The first-order chi connectivity index (χ1) is 13.9. The first-order valence-electron chi connectivity index (χ1n) is 10.9. The Morgan fingerprint density at radius 3 is 2.31 bits per heavy atom. The van der Waals surface area contributed by atoms with Gasteiger partial charge in [0.15, 0.2) is 0 Å². The highest BCUT2D eigenvalue weighted by atomic mass is 16.6. The molecule has 1 aliphatic heterocycles. The predicted octanol–water partition coefficient (Wildman–Crippen LogP) is 3.69. The molecule has 2 aliphatic rings. The molecule has 1 aliphatic carbocycles. The van der Waals surface area contributed by atoms with Gasteiger partial charge in [0, 0.05) is 39.3 Å². The molecule has 1 heterocycles. The summed E-state index contributed by atoms with van der Waals surface area (Å²) in [4.78, 5) is 16.3. The summed E-state index contributed by atoms with van der Waals surface area (Å²) in [6.07, 6.45) is 3.51. The summed E-state index contributed by atoms with van der Waals surface area (Å²) >= 11 is 0. The van der Waals surface area contributed by atoms with Crippen molar-refractivity contribution in [2.45, 2.75) is 64.4 Å². The van der Waals surface area contributed by atoms with Crippen LogP contribution in [0.3, 0.4) is 0 Å². The molecule has 3 rings (SSSR count). The van der Waals surface area contributed by atoms with Gasteiger partial charge < -0.3 is 19.1 Å². The predicted molar refractivity (Wildman–Crippen MR) is 113 cm³/mol. The van der Waals surface area contributed by atoms with Crippen LogP contribution >= 0.6 is 0 Å². The lowest BCUT2D eigenvalue weighted by atomic mass is 9.92. The van der Waals surface area contributed by atoms with Gasteiger partial charge in [0.1, 0.15) is 5.60 Å². The Hall–Kier alpha value is -1.63. The Morgan fingerprint density at radius 1 is 1.00 bits per heavy atom. The third-order valence-corrected chi connectivity index (χ3v) is 5.38. The van der Waals surface area contributed by atoms with E-state index in [0.717, 1.165) is 58.6 Å². The number of hydrogen-bond acceptors (Lipinski definition) is 5. The van der Waals surface area contributed by atoms with Crippen molar-refractivity contribution in [3.05, 3.63) is 35.9 Å². The number of nitrogens with zero attached hydrogens (tertiary/aromatic N) is 2. The van der Waals surface area contributed by atoms with Gasteiger partial charge in [0.25, 0.3) is 0 Å². The number of piperazine rings is 1. The van der Waals surface area contributed by atoms with E-state index < -0.39 is 5.60 Å². The molecule has 0 N–H and O–H groups in total. The van der Waals surface area contributed by atoms with Crippen molar-refractivity contribution < 1.29 is 19.0 Å². The van der Waals surface area contributed by atoms with Crippen LogP contribution in [-0.4, -0.2) is 73.0 Å². The molecule has 1 saturated carbocycles. The van der Waals surface area contributed by atoms with Crippen LogP contribution in [0.25, 0.3) is 0 Å². The average molecular weight is 405 g/mol. The Bertz CT molecular complexity index is 618. The first kappa shape index (κ1) is 22.1. The van der Waals surface area contributed by atoms with Crippen molar-refractivity contribution in [3.8, 4) is 0 Å². The summed E-state index contributed by atoms with van der Waals surface area (Å²) in [5.74, 6) is 0. The highest BCUT2D eigenvalue weighted by Crippen LogP contribution is 2.27. The van der Waals surface area contributed by atoms with Crippen molar-refractivity contribution in [3.63, 3.8) is 0 Å². The number of ether oxygens (including phenoxy) is 3. The van der Waals surface area contributed by atoms with E-state index in [4.69, 9.17) is 14.2 Å². The molecule has 6 heteroatoms. The molecule has 1 amide bonds. The van der Waals surface area contributed by atoms with Gasteiger partial charge in [-0.3, -0.25) is 4.90 Å². The monoisotopic (exact) mass is 404 g/mol. The highest BCUT2D eigenvalue weighted by Gasteiger charge is 2.30. The second kappa shape index (κ2) is 10.4. The van der Waals surface area contributed by atoms with E-state index in [1.807, 2.05) is 43.9 Å². The van der Waals surface area contributed by atoms with Crippen molar-refractivity contribution in [1.29, 1.82) is 0 Å². The average Bonchev–Trinajstić information content (AvgIpc) is 2.65. The van der Waals surface area contributed by atoms with Gasteiger partial charge in [-0.05, 0) is 45.6 Å². The largest absolute Gasteiger partial charge is 0.444 e. The smallest absolute Gasteiger partial charge is 0.410 e. The van der Waals surface area contributed by atoms with E-state index in [9.17, 15) is 4.79 Å². The minimum Gasteiger partial charge on any atom is -0.444 e. The maximum atomic E-state index is 12.1. The molecule has 1 aromatic carbocycles. The van der Waals surface area contributed by atoms with E-state index >= 15 is 0 Å². The number of carbonyl (C=O) groups excluding carboxylic acids is 1. The third kappa shape index (κ3) is 7.61. The summed E-state index contributed by atoms with van der Waals surface area (Å²) in [5.41, 5.74) is 0.794. The summed E-state index contributed by atoms with van der Waals surface area (Å²) < 4.78 is 17.3. The molecule has 0 unspecified atom stereocenters. The Labute approximate surface area is 175 Å². The minimum absolute atomic E-state index is 0.200. The van der Waals surface area contributed by atoms with Crippen LogP contribution in [0, 0.1) is 0 Å². The normalized spacial score (nSPS) is 22.9. The number of rotatable bonds is 8. The molecular formula is C23H36N2O4. The molecule has 0 atom stereocenters. The van der Waals surface area contributed by atoms with Crippen molar-refractivity contribution in [2.75, 3.05) is 39.3 Å². The molecule has 0 spiro atoms. The zero-order valence-electron chi connectivity index (χ0n) is 18.1. The molecular weight excluding hydrogens is 368 g/mol. The van der Waals surface area contributed by atoms with E-state index in [-0.39, 0.29) is 6.09 Å². The second-order valence-electron chi connectivity index (χ2n) is 9.05. The fourth-order valence-corrected chi connectivity index (χ4v) is 3.60. The lowest BCUT2D eigenvalue weighted by Gasteiger charge is -2.36. The van der Waals surface area contributed by atoms with E-state index in [1.54, 1.807) is 0 Å². The maximum Gasteiger partial charge on any atom is 0.410 e. The number of benzene rings is 1. The summed E-state index contributed by atoms with van der Waals surface area (Å²) in [6, 6.07) is 10.3. The fourth-order valence-electron chi connectivity index (χ4n) is 3.60. The highest BCUT2D eigenvalue weighted by molar-refractivity contribution is 5.68. The van der Waals surface area contributed by atoms with Crippen molar-refractivity contribution >= 4 is 6.09 Å². The molecule has 29 heavy (non-hydrogen) atoms. The minimum atomic E-state index is -0.432. The van der Waals surface area contributed by atoms with Gasteiger partial charge >= 0.3 is 6.09 Å². The van der Waals surface area contributed by atoms with Crippen LogP contribution in [0.15, 0.2) is 30.3 Å². The Morgan fingerprint density at radius 2 is 1.66 bits per heavy atom. The molecule has 6 nitrogen and oxygen atoms in total. The Kier molecular flexibility index (Phi) is 7.92. The summed E-state index contributed by atoms with van der Waals surface area (Å²) in [7, 11) is 0. The van der Waals surface area contributed by atoms with Crippen molar-refractivity contribution in [1.82, 2.24) is 9.80 Å². The fraction of sp³-hybridized carbons (Fsp3) is 0.696. The zero-order chi connectivity index (χ0) is 20.7. The number of amides is 1.